The SMILES string of the molecule is CCn1c(CN2CCC(N3CCOCC3)CC2)nc2c(N3CCOCC3)ncnc21. The molecule has 0 atom stereocenters. The van der Waals surface area contributed by atoms with Crippen LogP contribution in [0.15, 0.2) is 6.33 Å². The van der Waals surface area contributed by atoms with Gasteiger partial charge in [-0.2, -0.15) is 0 Å². The molecule has 0 saturated carbocycles. The maximum atomic E-state index is 5.51. The van der Waals surface area contributed by atoms with Crippen LogP contribution in [0.3, 0.4) is 0 Å². The Balaban J connectivity index is 1.31. The van der Waals surface area contributed by atoms with Crippen molar-refractivity contribution in [3.05, 3.63) is 12.2 Å². The molecule has 3 aliphatic rings. The van der Waals surface area contributed by atoms with E-state index in [4.69, 9.17) is 14.5 Å². The molecule has 0 radical (unpaired) electrons. The van der Waals surface area contributed by atoms with Crippen LogP contribution < -0.4 is 4.90 Å². The molecule has 9 heteroatoms. The van der Waals surface area contributed by atoms with E-state index in [1.165, 1.54) is 12.8 Å². The molecule has 0 aliphatic carbocycles. The molecule has 3 fully saturated rings. The van der Waals surface area contributed by atoms with Crippen LogP contribution in [0.4, 0.5) is 5.82 Å². The third kappa shape index (κ3) is 4.03. The van der Waals surface area contributed by atoms with E-state index in [0.29, 0.717) is 6.04 Å². The van der Waals surface area contributed by atoms with Gasteiger partial charge in [0.25, 0.3) is 0 Å². The Labute approximate surface area is 178 Å². The largest absolute Gasteiger partial charge is 0.379 e. The van der Waals surface area contributed by atoms with Crippen LogP contribution in [0.2, 0.25) is 0 Å². The van der Waals surface area contributed by atoms with E-state index in [-0.39, 0.29) is 0 Å². The normalized spacial score (nSPS) is 22.8. The summed E-state index contributed by atoms with van der Waals surface area (Å²) in [5, 5.41) is 0. The van der Waals surface area contributed by atoms with Crippen LogP contribution in [0, 0.1) is 0 Å². The number of rotatable bonds is 5. The van der Waals surface area contributed by atoms with Gasteiger partial charge in [0.05, 0.1) is 33.0 Å². The summed E-state index contributed by atoms with van der Waals surface area (Å²) in [6.45, 7) is 13.3. The van der Waals surface area contributed by atoms with Crippen LogP contribution in [0.1, 0.15) is 25.6 Å². The van der Waals surface area contributed by atoms with Crippen LogP contribution in [0.5, 0.6) is 0 Å². The summed E-state index contributed by atoms with van der Waals surface area (Å²) in [6, 6.07) is 0.703. The van der Waals surface area contributed by atoms with Crippen molar-refractivity contribution < 1.29 is 9.47 Å². The molecule has 0 unspecified atom stereocenters. The van der Waals surface area contributed by atoms with Gasteiger partial charge < -0.3 is 18.9 Å². The van der Waals surface area contributed by atoms with E-state index in [0.717, 1.165) is 102 Å². The lowest BCUT2D eigenvalue weighted by atomic mass is 10.0. The first-order valence-corrected chi connectivity index (χ1v) is 11.4. The maximum absolute atomic E-state index is 5.51. The molecule has 30 heavy (non-hydrogen) atoms. The summed E-state index contributed by atoms with van der Waals surface area (Å²) in [5.41, 5.74) is 1.88. The summed E-state index contributed by atoms with van der Waals surface area (Å²) in [6.07, 6.45) is 4.13. The van der Waals surface area contributed by atoms with Crippen LogP contribution in [-0.4, -0.2) is 101 Å². The van der Waals surface area contributed by atoms with Gasteiger partial charge in [-0.3, -0.25) is 9.80 Å². The Kier molecular flexibility index (Phi) is 6.12. The summed E-state index contributed by atoms with van der Waals surface area (Å²) < 4.78 is 13.3. The Morgan fingerprint density at radius 1 is 0.933 bits per heavy atom. The second kappa shape index (κ2) is 9.13. The zero-order chi connectivity index (χ0) is 20.3. The predicted molar refractivity (Wildman–Crippen MR) is 115 cm³/mol. The number of ether oxygens (including phenoxy) is 2. The number of fused-ring (bicyclic) bond motifs is 1. The molecule has 3 saturated heterocycles. The molecule has 0 N–H and O–H groups in total. The van der Waals surface area contributed by atoms with Crippen molar-refractivity contribution in [2.24, 2.45) is 0 Å². The zero-order valence-corrected chi connectivity index (χ0v) is 18.0. The minimum absolute atomic E-state index is 0.703. The molecule has 0 spiro atoms. The number of likely N-dealkylation sites (tertiary alicyclic amines) is 1. The molecule has 2 aromatic heterocycles. The molecule has 2 aromatic rings. The Morgan fingerprint density at radius 3 is 2.33 bits per heavy atom. The van der Waals surface area contributed by atoms with Crippen molar-refractivity contribution >= 4 is 17.0 Å². The molecule has 3 aliphatic heterocycles. The van der Waals surface area contributed by atoms with Gasteiger partial charge in [0.15, 0.2) is 17.0 Å². The van der Waals surface area contributed by atoms with Gasteiger partial charge in [-0.1, -0.05) is 0 Å². The minimum Gasteiger partial charge on any atom is -0.379 e. The van der Waals surface area contributed by atoms with E-state index in [9.17, 15) is 0 Å². The van der Waals surface area contributed by atoms with Crippen LogP contribution >= 0.6 is 0 Å². The van der Waals surface area contributed by atoms with Crippen molar-refractivity contribution in [2.45, 2.75) is 38.9 Å². The molecule has 0 bridgehead atoms. The lowest BCUT2D eigenvalue weighted by molar-refractivity contribution is -0.0000296. The number of imidazole rings is 1. The van der Waals surface area contributed by atoms with E-state index < -0.39 is 0 Å². The molecule has 9 nitrogen and oxygen atoms in total. The fourth-order valence-corrected chi connectivity index (χ4v) is 5.01. The fourth-order valence-electron chi connectivity index (χ4n) is 5.01. The standard InChI is InChI=1S/C21H33N7O2/c1-2-28-18(15-25-5-3-17(4-6-25)26-7-11-29-12-8-26)24-19-20(22-16-23-21(19)28)27-9-13-30-14-10-27/h16-17H,2-15H2,1H3. The predicted octanol–water partition coefficient (Wildman–Crippen LogP) is 0.979. The summed E-state index contributed by atoms with van der Waals surface area (Å²) in [5.74, 6) is 2.05. The number of anilines is 1. The fraction of sp³-hybridized carbons (Fsp3) is 0.762. The van der Waals surface area contributed by atoms with Crippen LogP contribution in [0.25, 0.3) is 11.2 Å². The highest BCUT2D eigenvalue weighted by Crippen LogP contribution is 2.26. The Hall–Kier alpha value is -1.81. The third-order valence-corrected chi connectivity index (χ3v) is 6.70. The molecule has 5 rings (SSSR count). The molecular formula is C21H33N7O2. The second-order valence-corrected chi connectivity index (χ2v) is 8.40. The molecule has 164 valence electrons. The van der Waals surface area contributed by atoms with Crippen molar-refractivity contribution in [1.82, 2.24) is 29.3 Å². The van der Waals surface area contributed by atoms with E-state index in [2.05, 4.69) is 36.2 Å². The number of hydrogen-bond donors (Lipinski definition) is 0. The second-order valence-electron chi connectivity index (χ2n) is 8.40. The third-order valence-electron chi connectivity index (χ3n) is 6.70. The highest BCUT2D eigenvalue weighted by Gasteiger charge is 2.27. The van der Waals surface area contributed by atoms with Gasteiger partial charge in [0.2, 0.25) is 0 Å². The monoisotopic (exact) mass is 415 g/mol. The first-order valence-electron chi connectivity index (χ1n) is 11.4. The molecule has 5 heterocycles. The minimum atomic E-state index is 0.703. The molecular weight excluding hydrogens is 382 g/mol. The number of aryl methyl sites for hydroxylation is 1. The van der Waals surface area contributed by atoms with Gasteiger partial charge in [0, 0.05) is 51.9 Å². The zero-order valence-electron chi connectivity index (χ0n) is 18.0. The van der Waals surface area contributed by atoms with Gasteiger partial charge in [-0.25, -0.2) is 15.0 Å². The Bertz CT molecular complexity index is 837. The molecule has 0 aromatic carbocycles. The van der Waals surface area contributed by atoms with Gasteiger partial charge in [-0.15, -0.1) is 0 Å². The first kappa shape index (κ1) is 20.1. The number of hydrogen-bond acceptors (Lipinski definition) is 8. The van der Waals surface area contributed by atoms with E-state index in [1.807, 2.05) is 0 Å². The quantitative estimate of drug-likeness (QED) is 0.716. The summed E-state index contributed by atoms with van der Waals surface area (Å²) in [4.78, 5) is 21.7. The van der Waals surface area contributed by atoms with Crippen molar-refractivity contribution in [3.8, 4) is 0 Å². The van der Waals surface area contributed by atoms with Crippen molar-refractivity contribution in [2.75, 3.05) is 70.6 Å². The highest BCUT2D eigenvalue weighted by molar-refractivity contribution is 5.84. The first-order chi connectivity index (χ1) is 14.8. The van der Waals surface area contributed by atoms with Gasteiger partial charge >= 0.3 is 0 Å². The summed E-state index contributed by atoms with van der Waals surface area (Å²) >= 11 is 0. The highest BCUT2D eigenvalue weighted by atomic mass is 16.5. The summed E-state index contributed by atoms with van der Waals surface area (Å²) in [7, 11) is 0. The lowest BCUT2D eigenvalue weighted by Crippen LogP contribution is -2.48. The topological polar surface area (TPSA) is 71.8 Å². The number of aromatic nitrogens is 4. The van der Waals surface area contributed by atoms with Gasteiger partial charge in [0.1, 0.15) is 12.2 Å². The lowest BCUT2D eigenvalue weighted by Gasteiger charge is -2.40. The molecule has 0 amide bonds. The number of nitrogens with zero attached hydrogens (tertiary/aromatic N) is 7. The number of piperidine rings is 1. The van der Waals surface area contributed by atoms with Crippen molar-refractivity contribution in [1.29, 1.82) is 0 Å². The average Bonchev–Trinajstić information content (AvgIpc) is 3.17. The van der Waals surface area contributed by atoms with E-state index >= 15 is 0 Å². The van der Waals surface area contributed by atoms with Crippen LogP contribution in [-0.2, 0) is 22.6 Å². The Morgan fingerprint density at radius 2 is 1.63 bits per heavy atom. The van der Waals surface area contributed by atoms with Gasteiger partial charge in [-0.05, 0) is 19.8 Å². The van der Waals surface area contributed by atoms with Crippen molar-refractivity contribution in [3.63, 3.8) is 0 Å². The smallest absolute Gasteiger partial charge is 0.165 e. The average molecular weight is 416 g/mol. The number of morpholine rings is 2. The van der Waals surface area contributed by atoms with E-state index in [1.54, 1.807) is 6.33 Å². The maximum Gasteiger partial charge on any atom is 0.165 e.